The van der Waals surface area contributed by atoms with Crippen molar-refractivity contribution in [3.05, 3.63) is 12.2 Å². The molecule has 0 saturated heterocycles. The molecule has 0 bridgehead atoms. The number of rotatable bonds is 19. The number of carbonyl (C=O) groups excluding carboxylic acids is 2. The smallest absolute Gasteiger partial charge is 0.220 e. The molecule has 0 aliphatic rings. The summed E-state index contributed by atoms with van der Waals surface area (Å²) < 4.78 is 0. The van der Waals surface area contributed by atoms with Gasteiger partial charge in [-0.1, -0.05) is 84.3 Å². The van der Waals surface area contributed by atoms with E-state index in [9.17, 15) is 14.7 Å². The molecule has 0 unspecified atom stereocenters. The van der Waals surface area contributed by atoms with Crippen LogP contribution in [-0.4, -0.2) is 17.9 Å². The highest BCUT2D eigenvalue weighted by Crippen LogP contribution is 2.10. The molecule has 4 nitrogen and oxygen atoms in total. The van der Waals surface area contributed by atoms with Crippen LogP contribution in [0.15, 0.2) is 12.2 Å². The molecule has 0 fully saturated rings. The standard InChI is InChI=1S/C24H45NO3/c1-4-5-6-7-8-9-10-11-12-13-14-15-16-17-18-19-23(26)25-22(24(27)28)20-21(2)3/h11-12,21-22H,4-10,13-20H2,1-3H3,(H,25,26)(H,27,28)/p-1/b12-11-/t22-/m0/s1. The molecule has 1 N–H and O–H groups in total. The summed E-state index contributed by atoms with van der Waals surface area (Å²) in [5.74, 6) is -1.15. The van der Waals surface area contributed by atoms with Crippen LogP contribution in [0.1, 0.15) is 117 Å². The minimum Gasteiger partial charge on any atom is -0.548 e. The van der Waals surface area contributed by atoms with E-state index < -0.39 is 12.0 Å². The van der Waals surface area contributed by atoms with Gasteiger partial charge in [0.2, 0.25) is 5.91 Å². The van der Waals surface area contributed by atoms with Gasteiger partial charge in [0.05, 0.1) is 12.0 Å². The summed E-state index contributed by atoms with van der Waals surface area (Å²) in [6.45, 7) is 6.13. The fourth-order valence-electron chi connectivity index (χ4n) is 3.31. The SMILES string of the molecule is CCCCCCCC/C=C\CCCCCCCC(=O)N[C@@H](CC(C)C)C(=O)[O-]. The molecule has 0 heterocycles. The van der Waals surface area contributed by atoms with Gasteiger partial charge in [-0.15, -0.1) is 0 Å². The van der Waals surface area contributed by atoms with Gasteiger partial charge in [-0.3, -0.25) is 4.79 Å². The quantitative estimate of drug-likeness (QED) is 0.238. The zero-order chi connectivity index (χ0) is 21.0. The first-order valence-electron chi connectivity index (χ1n) is 11.6. The molecule has 0 aromatic heterocycles. The largest absolute Gasteiger partial charge is 0.548 e. The summed E-state index contributed by atoms with van der Waals surface area (Å²) in [6, 6.07) is -0.865. The molecule has 0 aliphatic carbocycles. The van der Waals surface area contributed by atoms with Gasteiger partial charge in [0.25, 0.3) is 0 Å². The van der Waals surface area contributed by atoms with Crippen LogP contribution in [0, 0.1) is 5.92 Å². The number of hydrogen-bond donors (Lipinski definition) is 1. The second-order valence-corrected chi connectivity index (χ2v) is 8.40. The molecular formula is C24H44NO3-. The Hall–Kier alpha value is -1.32. The monoisotopic (exact) mass is 394 g/mol. The third kappa shape index (κ3) is 18.1. The van der Waals surface area contributed by atoms with Crippen molar-refractivity contribution in [1.29, 1.82) is 0 Å². The van der Waals surface area contributed by atoms with Crippen LogP contribution in [0.25, 0.3) is 0 Å². The summed E-state index contributed by atoms with van der Waals surface area (Å²) in [6.07, 6.45) is 21.3. The molecular weight excluding hydrogens is 350 g/mol. The number of nitrogens with one attached hydrogen (secondary N) is 1. The highest BCUT2D eigenvalue weighted by atomic mass is 16.4. The number of carbonyl (C=O) groups is 2. The van der Waals surface area contributed by atoms with Gasteiger partial charge in [0.1, 0.15) is 0 Å². The third-order valence-electron chi connectivity index (χ3n) is 4.99. The van der Waals surface area contributed by atoms with Crippen molar-refractivity contribution in [2.45, 2.75) is 123 Å². The minimum absolute atomic E-state index is 0.174. The van der Waals surface area contributed by atoms with Gasteiger partial charge in [0, 0.05) is 6.42 Å². The summed E-state index contributed by atoms with van der Waals surface area (Å²) >= 11 is 0. The maximum absolute atomic E-state index is 11.9. The lowest BCUT2D eigenvalue weighted by atomic mass is 10.0. The van der Waals surface area contributed by atoms with Crippen molar-refractivity contribution >= 4 is 11.9 Å². The maximum atomic E-state index is 11.9. The first-order valence-corrected chi connectivity index (χ1v) is 11.6. The average Bonchev–Trinajstić information content (AvgIpc) is 2.64. The van der Waals surface area contributed by atoms with Gasteiger partial charge in [-0.2, -0.15) is 0 Å². The van der Waals surface area contributed by atoms with Crippen molar-refractivity contribution in [2.24, 2.45) is 5.92 Å². The van der Waals surface area contributed by atoms with E-state index in [2.05, 4.69) is 24.4 Å². The predicted molar refractivity (Wildman–Crippen MR) is 116 cm³/mol. The number of unbranched alkanes of at least 4 members (excludes halogenated alkanes) is 11. The van der Waals surface area contributed by atoms with E-state index in [-0.39, 0.29) is 11.8 Å². The van der Waals surface area contributed by atoms with Crippen molar-refractivity contribution < 1.29 is 14.7 Å². The second-order valence-electron chi connectivity index (χ2n) is 8.40. The molecule has 1 amide bonds. The van der Waals surface area contributed by atoms with Crippen LogP contribution in [-0.2, 0) is 9.59 Å². The van der Waals surface area contributed by atoms with Crippen molar-refractivity contribution in [3.8, 4) is 0 Å². The van der Waals surface area contributed by atoms with E-state index in [1.807, 2.05) is 13.8 Å². The molecule has 0 rings (SSSR count). The Kier molecular flexibility index (Phi) is 18.1. The Bertz CT molecular complexity index is 418. The zero-order valence-electron chi connectivity index (χ0n) is 18.6. The molecule has 0 aromatic carbocycles. The lowest BCUT2D eigenvalue weighted by Crippen LogP contribution is -2.48. The normalized spacial score (nSPS) is 12.6. The van der Waals surface area contributed by atoms with Gasteiger partial charge in [0.15, 0.2) is 0 Å². The molecule has 0 aromatic rings. The van der Waals surface area contributed by atoms with Crippen LogP contribution in [0.4, 0.5) is 0 Å². The molecule has 4 heteroatoms. The van der Waals surface area contributed by atoms with E-state index in [1.165, 1.54) is 57.8 Å². The lowest BCUT2D eigenvalue weighted by Gasteiger charge is -2.21. The van der Waals surface area contributed by atoms with Crippen molar-refractivity contribution in [1.82, 2.24) is 5.32 Å². The Morgan fingerprint density at radius 1 is 0.821 bits per heavy atom. The Morgan fingerprint density at radius 2 is 1.32 bits per heavy atom. The summed E-state index contributed by atoms with van der Waals surface area (Å²) in [5.41, 5.74) is 0. The Morgan fingerprint density at radius 3 is 1.82 bits per heavy atom. The van der Waals surface area contributed by atoms with E-state index in [0.29, 0.717) is 12.8 Å². The highest BCUT2D eigenvalue weighted by molar-refractivity contribution is 5.82. The van der Waals surface area contributed by atoms with Gasteiger partial charge in [-0.05, 0) is 44.4 Å². The fraction of sp³-hybridized carbons (Fsp3) is 0.833. The molecule has 0 saturated carbocycles. The predicted octanol–water partition coefficient (Wildman–Crippen LogP) is 5.30. The van der Waals surface area contributed by atoms with Crippen molar-refractivity contribution in [2.75, 3.05) is 0 Å². The van der Waals surface area contributed by atoms with Crippen LogP contribution < -0.4 is 10.4 Å². The Balaban J connectivity index is 3.50. The number of allylic oxidation sites excluding steroid dienone is 2. The lowest BCUT2D eigenvalue weighted by molar-refractivity contribution is -0.308. The summed E-state index contributed by atoms with van der Waals surface area (Å²) in [4.78, 5) is 22.9. The number of carboxylic acids is 1. The second kappa shape index (κ2) is 19.0. The molecule has 164 valence electrons. The Labute approximate surface area is 173 Å². The fourth-order valence-corrected chi connectivity index (χ4v) is 3.31. The van der Waals surface area contributed by atoms with Gasteiger partial charge < -0.3 is 15.2 Å². The average molecular weight is 395 g/mol. The van der Waals surface area contributed by atoms with Crippen LogP contribution >= 0.6 is 0 Å². The van der Waals surface area contributed by atoms with Crippen LogP contribution in [0.5, 0.6) is 0 Å². The first-order chi connectivity index (χ1) is 13.5. The van der Waals surface area contributed by atoms with E-state index >= 15 is 0 Å². The van der Waals surface area contributed by atoms with E-state index in [1.54, 1.807) is 0 Å². The van der Waals surface area contributed by atoms with Crippen LogP contribution in [0.3, 0.4) is 0 Å². The molecule has 0 spiro atoms. The number of carboxylic acid groups (broad SMARTS) is 1. The number of amides is 1. The summed E-state index contributed by atoms with van der Waals surface area (Å²) in [7, 11) is 0. The van der Waals surface area contributed by atoms with Crippen molar-refractivity contribution in [3.63, 3.8) is 0 Å². The molecule has 0 radical (unpaired) electrons. The van der Waals surface area contributed by atoms with Gasteiger partial charge in [-0.25, -0.2) is 0 Å². The van der Waals surface area contributed by atoms with Gasteiger partial charge >= 0.3 is 0 Å². The first kappa shape index (κ1) is 26.7. The van der Waals surface area contributed by atoms with Crippen LogP contribution in [0.2, 0.25) is 0 Å². The summed E-state index contributed by atoms with van der Waals surface area (Å²) in [5, 5.41) is 13.6. The number of hydrogen-bond acceptors (Lipinski definition) is 3. The minimum atomic E-state index is -1.19. The molecule has 1 atom stereocenters. The molecule has 28 heavy (non-hydrogen) atoms. The maximum Gasteiger partial charge on any atom is 0.220 e. The third-order valence-corrected chi connectivity index (χ3v) is 4.99. The topological polar surface area (TPSA) is 69.2 Å². The highest BCUT2D eigenvalue weighted by Gasteiger charge is 2.14. The molecule has 0 aliphatic heterocycles. The number of aliphatic carboxylic acids is 1. The van der Waals surface area contributed by atoms with E-state index in [4.69, 9.17) is 0 Å². The van der Waals surface area contributed by atoms with E-state index in [0.717, 1.165) is 25.7 Å². The zero-order valence-corrected chi connectivity index (χ0v) is 18.6.